The summed E-state index contributed by atoms with van der Waals surface area (Å²) in [6.45, 7) is 4.74. The van der Waals surface area contributed by atoms with E-state index in [1.807, 2.05) is 30.3 Å². The normalized spacial score (nSPS) is 11.6. The van der Waals surface area contributed by atoms with E-state index in [0.717, 1.165) is 39.3 Å². The Morgan fingerprint density at radius 1 is 0.667 bits per heavy atom. The van der Waals surface area contributed by atoms with Gasteiger partial charge in [-0.2, -0.15) is 0 Å². The fourth-order valence-corrected chi connectivity index (χ4v) is 5.61. The number of ether oxygens (including phenoxy) is 1. The molecule has 0 unspecified atom stereocenters. The monoisotopic (exact) mass is 490 g/mol. The van der Waals surface area contributed by atoms with Gasteiger partial charge in [0, 0.05) is 55.3 Å². The van der Waals surface area contributed by atoms with Crippen LogP contribution in [0, 0.1) is 13.8 Å². The molecule has 0 radical (unpaired) electrons. The van der Waals surface area contributed by atoms with Gasteiger partial charge in [-0.1, -0.05) is 84.4 Å². The van der Waals surface area contributed by atoms with Crippen LogP contribution in [-0.4, -0.2) is 9.97 Å². The highest BCUT2D eigenvalue weighted by Crippen LogP contribution is 2.45. The molecule has 0 spiro atoms. The molecule has 2 heterocycles. The third kappa shape index (κ3) is 3.86. The number of fused-ring (bicyclic) bond motifs is 2. The van der Waals surface area contributed by atoms with Gasteiger partial charge in [0.15, 0.2) is 0 Å². The lowest BCUT2D eigenvalue weighted by Gasteiger charge is -2.23. The molecule has 178 valence electrons. The van der Waals surface area contributed by atoms with Crippen molar-refractivity contribution in [3.8, 4) is 5.75 Å². The van der Waals surface area contributed by atoms with Crippen LogP contribution in [0.3, 0.4) is 0 Å². The van der Waals surface area contributed by atoms with Crippen LogP contribution in [-0.2, 0) is 6.61 Å². The lowest BCUT2D eigenvalue weighted by atomic mass is 9.81. The minimum Gasteiger partial charge on any atom is -0.489 e. The summed E-state index contributed by atoms with van der Waals surface area (Å²) in [7, 11) is 0. The number of nitrogens with one attached hydrogen (secondary N) is 2. The zero-order valence-corrected chi connectivity index (χ0v) is 21.1. The first-order valence-electron chi connectivity index (χ1n) is 12.2. The maximum absolute atomic E-state index is 6.48. The molecule has 2 aromatic heterocycles. The van der Waals surface area contributed by atoms with E-state index in [9.17, 15) is 0 Å². The molecule has 3 nitrogen and oxygen atoms in total. The van der Waals surface area contributed by atoms with Crippen molar-refractivity contribution in [2.24, 2.45) is 0 Å². The van der Waals surface area contributed by atoms with E-state index < -0.39 is 0 Å². The van der Waals surface area contributed by atoms with Gasteiger partial charge in [-0.25, -0.2) is 0 Å². The zero-order chi connectivity index (χ0) is 24.6. The van der Waals surface area contributed by atoms with Gasteiger partial charge in [0.2, 0.25) is 0 Å². The second-order valence-electron chi connectivity index (χ2n) is 9.27. The molecule has 4 heteroatoms. The molecule has 0 saturated carbocycles. The summed E-state index contributed by atoms with van der Waals surface area (Å²) in [5.41, 5.74) is 9.24. The van der Waals surface area contributed by atoms with Crippen molar-refractivity contribution in [3.63, 3.8) is 0 Å². The highest BCUT2D eigenvalue weighted by Gasteiger charge is 2.29. The van der Waals surface area contributed by atoms with Crippen molar-refractivity contribution in [1.82, 2.24) is 9.97 Å². The van der Waals surface area contributed by atoms with Crippen LogP contribution in [0.1, 0.15) is 39.6 Å². The summed E-state index contributed by atoms with van der Waals surface area (Å²) < 4.78 is 6.48. The molecule has 0 fully saturated rings. The van der Waals surface area contributed by atoms with Gasteiger partial charge in [0.25, 0.3) is 0 Å². The molecule has 0 saturated heterocycles. The number of benzene rings is 4. The molecular formula is C32H27ClN2O. The van der Waals surface area contributed by atoms with Gasteiger partial charge < -0.3 is 14.7 Å². The molecule has 0 aliphatic heterocycles. The molecule has 36 heavy (non-hydrogen) atoms. The molecule has 0 bridgehead atoms. The first-order valence-corrected chi connectivity index (χ1v) is 12.6. The predicted molar refractivity (Wildman–Crippen MR) is 149 cm³/mol. The lowest BCUT2D eigenvalue weighted by Crippen LogP contribution is -2.09. The minimum atomic E-state index is -0.0280. The molecule has 0 amide bonds. The van der Waals surface area contributed by atoms with Crippen molar-refractivity contribution >= 4 is 33.4 Å². The maximum atomic E-state index is 6.48. The zero-order valence-electron chi connectivity index (χ0n) is 20.3. The Bertz CT molecular complexity index is 1610. The van der Waals surface area contributed by atoms with E-state index >= 15 is 0 Å². The average molecular weight is 491 g/mol. The summed E-state index contributed by atoms with van der Waals surface area (Å²) in [6, 6.07) is 33.3. The summed E-state index contributed by atoms with van der Waals surface area (Å²) in [6.07, 6.45) is 0. The second-order valence-corrected chi connectivity index (χ2v) is 9.68. The summed E-state index contributed by atoms with van der Waals surface area (Å²) in [5, 5.41) is 3.17. The Morgan fingerprint density at radius 3 is 1.83 bits per heavy atom. The third-order valence-electron chi connectivity index (χ3n) is 7.04. The molecule has 6 rings (SSSR count). The highest BCUT2D eigenvalue weighted by atomic mass is 35.5. The summed E-state index contributed by atoms with van der Waals surface area (Å²) in [5.74, 6) is 0.830. The number of rotatable bonds is 6. The van der Waals surface area contributed by atoms with Gasteiger partial charge in [0.1, 0.15) is 12.4 Å². The number of aromatic amines is 2. The van der Waals surface area contributed by atoms with Gasteiger partial charge >= 0.3 is 0 Å². The van der Waals surface area contributed by atoms with Crippen molar-refractivity contribution in [2.75, 3.05) is 0 Å². The summed E-state index contributed by atoms with van der Waals surface area (Å²) >= 11 is 6.44. The SMILES string of the molecule is Cc1[nH]c2ccccc2c1C(c1ccccc1OCc1ccccc1Cl)c1c(C)[nH]c2ccccc12. The van der Waals surface area contributed by atoms with Gasteiger partial charge in [0.05, 0.1) is 0 Å². The summed E-state index contributed by atoms with van der Waals surface area (Å²) in [4.78, 5) is 7.25. The average Bonchev–Trinajstić information content (AvgIpc) is 3.40. The first kappa shape index (κ1) is 22.5. The number of para-hydroxylation sites is 3. The van der Waals surface area contributed by atoms with Crippen LogP contribution in [0.5, 0.6) is 5.75 Å². The first-order chi connectivity index (χ1) is 17.6. The highest BCUT2D eigenvalue weighted by molar-refractivity contribution is 6.31. The van der Waals surface area contributed by atoms with E-state index in [1.54, 1.807) is 0 Å². The van der Waals surface area contributed by atoms with E-state index in [1.165, 1.54) is 21.9 Å². The molecule has 6 aromatic rings. The van der Waals surface area contributed by atoms with Crippen LogP contribution in [0.2, 0.25) is 5.02 Å². The number of aryl methyl sites for hydroxylation is 2. The van der Waals surface area contributed by atoms with Crippen LogP contribution >= 0.6 is 11.6 Å². The standard InChI is InChI=1S/C32H27ClN2O/c1-20-30(23-12-4-8-16-27(23)34-20)32(31-21(2)35-28-17-9-5-13-24(28)31)25-14-6-10-18-29(25)36-19-22-11-3-7-15-26(22)33/h3-18,32,34-35H,19H2,1-2H3. The quantitative estimate of drug-likeness (QED) is 0.241. The Labute approximate surface area is 215 Å². The maximum Gasteiger partial charge on any atom is 0.123 e. The fourth-order valence-electron chi connectivity index (χ4n) is 5.42. The third-order valence-corrected chi connectivity index (χ3v) is 7.40. The van der Waals surface area contributed by atoms with Crippen molar-refractivity contribution in [3.05, 3.63) is 136 Å². The van der Waals surface area contributed by atoms with E-state index in [2.05, 4.69) is 90.5 Å². The van der Waals surface area contributed by atoms with Crippen molar-refractivity contribution in [2.45, 2.75) is 26.4 Å². The minimum absolute atomic E-state index is 0.0280. The van der Waals surface area contributed by atoms with E-state index in [4.69, 9.17) is 16.3 Å². The van der Waals surface area contributed by atoms with E-state index in [0.29, 0.717) is 11.6 Å². The van der Waals surface area contributed by atoms with E-state index in [-0.39, 0.29) is 5.92 Å². The molecule has 4 aromatic carbocycles. The number of hydrogen-bond acceptors (Lipinski definition) is 1. The number of hydrogen-bond donors (Lipinski definition) is 2. The number of halogens is 1. The van der Waals surface area contributed by atoms with Crippen LogP contribution in [0.25, 0.3) is 21.8 Å². The molecule has 0 aliphatic carbocycles. The Hall–Kier alpha value is -3.95. The van der Waals surface area contributed by atoms with Crippen LogP contribution < -0.4 is 4.74 Å². The fraction of sp³-hybridized carbons (Fsp3) is 0.125. The largest absolute Gasteiger partial charge is 0.489 e. The van der Waals surface area contributed by atoms with Gasteiger partial charge in [-0.15, -0.1) is 0 Å². The molecule has 2 N–H and O–H groups in total. The van der Waals surface area contributed by atoms with Gasteiger partial charge in [-0.3, -0.25) is 0 Å². The topological polar surface area (TPSA) is 40.8 Å². The lowest BCUT2D eigenvalue weighted by molar-refractivity contribution is 0.302. The Kier molecular flexibility index (Phi) is 5.79. The number of aromatic nitrogens is 2. The van der Waals surface area contributed by atoms with Crippen molar-refractivity contribution < 1.29 is 4.74 Å². The van der Waals surface area contributed by atoms with Crippen LogP contribution in [0.4, 0.5) is 0 Å². The molecule has 0 atom stereocenters. The predicted octanol–water partition coefficient (Wildman–Crippen LogP) is 8.68. The molecular weight excluding hydrogens is 464 g/mol. The van der Waals surface area contributed by atoms with Crippen molar-refractivity contribution in [1.29, 1.82) is 0 Å². The van der Waals surface area contributed by atoms with Crippen LogP contribution in [0.15, 0.2) is 97.1 Å². The Morgan fingerprint density at radius 2 is 1.19 bits per heavy atom. The smallest absolute Gasteiger partial charge is 0.123 e. The van der Waals surface area contributed by atoms with Gasteiger partial charge in [-0.05, 0) is 49.2 Å². The molecule has 0 aliphatic rings. The number of H-pyrrole nitrogens is 2. The Balaban J connectivity index is 1.57. The second kappa shape index (κ2) is 9.25.